The fourth-order valence-corrected chi connectivity index (χ4v) is 9.82. The molecule has 2 rings (SSSR count). The molecule has 2 nitrogen and oxygen atoms in total. The number of rotatable bonds is 7. The van der Waals surface area contributed by atoms with Gasteiger partial charge in [-0.1, -0.05) is 0 Å². The normalized spacial score (nSPS) is 12.7. The molecule has 2 aromatic rings. The minimum absolute atomic E-state index is 0.717. The van der Waals surface area contributed by atoms with Crippen LogP contribution in [0.1, 0.15) is 51.9 Å². The van der Waals surface area contributed by atoms with E-state index in [9.17, 15) is 0 Å². The van der Waals surface area contributed by atoms with Gasteiger partial charge in [-0.25, -0.2) is 0 Å². The van der Waals surface area contributed by atoms with Crippen LogP contribution < -0.4 is 2.89 Å². The van der Waals surface area contributed by atoms with E-state index >= 15 is 0 Å². The molecule has 0 aliphatic heterocycles. The zero-order valence-electron chi connectivity index (χ0n) is 15.9. The molecule has 128 valence electrons. The van der Waals surface area contributed by atoms with E-state index in [0.29, 0.717) is 11.8 Å². The van der Waals surface area contributed by atoms with E-state index in [1.807, 2.05) is 11.3 Å². The zero-order valence-corrected chi connectivity index (χ0v) is 19.5. The first kappa shape index (κ1) is 19.2. The van der Waals surface area contributed by atoms with Crippen LogP contribution in [-0.2, 0) is 12.8 Å². The van der Waals surface area contributed by atoms with E-state index in [1.54, 1.807) is 2.89 Å². The van der Waals surface area contributed by atoms with Crippen molar-refractivity contribution in [1.29, 1.82) is 0 Å². The molecule has 4 heteroatoms. The Labute approximate surface area is 150 Å². The first-order valence-electron chi connectivity index (χ1n) is 8.96. The SMILES string of the molecule is CC(C)CCc1nc2cs[c]([Sn]([CH3])([CH3])[CH3])c2nc1CCC(C)C. The van der Waals surface area contributed by atoms with E-state index in [4.69, 9.17) is 9.97 Å². The average molecular weight is 439 g/mol. The van der Waals surface area contributed by atoms with Crippen molar-refractivity contribution < 1.29 is 0 Å². The monoisotopic (exact) mass is 440 g/mol. The molecule has 0 saturated heterocycles. The molecule has 0 atom stereocenters. The second kappa shape index (κ2) is 7.81. The first-order chi connectivity index (χ1) is 10.7. The van der Waals surface area contributed by atoms with Gasteiger partial charge >= 0.3 is 150 Å². The summed E-state index contributed by atoms with van der Waals surface area (Å²) in [5.41, 5.74) is 4.89. The average Bonchev–Trinajstić information content (AvgIpc) is 2.84. The van der Waals surface area contributed by atoms with Gasteiger partial charge in [0, 0.05) is 0 Å². The molecular formula is C19H32N2SSn. The molecule has 0 fully saturated rings. The number of hydrogen-bond donors (Lipinski definition) is 0. The maximum absolute atomic E-state index is 5.15. The Bertz CT molecular complexity index is 653. The van der Waals surface area contributed by atoms with Gasteiger partial charge < -0.3 is 0 Å². The van der Waals surface area contributed by atoms with Gasteiger partial charge in [-0.2, -0.15) is 0 Å². The van der Waals surface area contributed by atoms with E-state index < -0.39 is 18.4 Å². The summed E-state index contributed by atoms with van der Waals surface area (Å²) in [4.78, 5) is 17.6. The molecule has 0 aromatic carbocycles. The first-order valence-corrected chi connectivity index (χ1v) is 19.8. The van der Waals surface area contributed by atoms with Gasteiger partial charge in [-0.05, 0) is 0 Å². The molecule has 23 heavy (non-hydrogen) atoms. The summed E-state index contributed by atoms with van der Waals surface area (Å²) in [5.74, 6) is 1.43. The van der Waals surface area contributed by atoms with Crippen LogP contribution in [-0.4, -0.2) is 28.3 Å². The number of thiophene rings is 1. The molecule has 0 amide bonds. The summed E-state index contributed by atoms with van der Waals surface area (Å²) in [7, 11) is 0. The summed E-state index contributed by atoms with van der Waals surface area (Å²) < 4.78 is 1.57. The third kappa shape index (κ3) is 5.15. The van der Waals surface area contributed by atoms with Gasteiger partial charge in [0.15, 0.2) is 0 Å². The van der Waals surface area contributed by atoms with Crippen molar-refractivity contribution >= 4 is 43.6 Å². The number of hydrogen-bond acceptors (Lipinski definition) is 3. The van der Waals surface area contributed by atoms with E-state index in [0.717, 1.165) is 18.4 Å². The molecule has 2 heterocycles. The van der Waals surface area contributed by atoms with Crippen LogP contribution in [0.5, 0.6) is 0 Å². The summed E-state index contributed by atoms with van der Waals surface area (Å²) in [5, 5.41) is 2.24. The van der Waals surface area contributed by atoms with E-state index in [2.05, 4.69) is 47.9 Å². The number of aromatic nitrogens is 2. The van der Waals surface area contributed by atoms with Gasteiger partial charge in [0.25, 0.3) is 0 Å². The molecule has 0 saturated carbocycles. The second-order valence-corrected chi connectivity index (χ2v) is 24.7. The summed E-state index contributed by atoms with van der Waals surface area (Å²) in [6, 6.07) is 0. The Morgan fingerprint density at radius 1 is 0.913 bits per heavy atom. The predicted molar refractivity (Wildman–Crippen MR) is 107 cm³/mol. The molecule has 0 N–H and O–H groups in total. The third-order valence-electron chi connectivity index (χ3n) is 4.18. The van der Waals surface area contributed by atoms with Gasteiger partial charge in [-0.3, -0.25) is 0 Å². The molecule has 0 aliphatic rings. The van der Waals surface area contributed by atoms with Gasteiger partial charge in [0.1, 0.15) is 0 Å². The van der Waals surface area contributed by atoms with Crippen molar-refractivity contribution in [3.8, 4) is 0 Å². The van der Waals surface area contributed by atoms with Crippen LogP contribution in [0.3, 0.4) is 0 Å². The van der Waals surface area contributed by atoms with Crippen LogP contribution in [0.2, 0.25) is 14.8 Å². The molecule has 0 unspecified atom stereocenters. The molecule has 0 aliphatic carbocycles. The molecular weight excluding hydrogens is 407 g/mol. The third-order valence-corrected chi connectivity index (χ3v) is 14.6. The molecule has 0 radical (unpaired) electrons. The quantitative estimate of drug-likeness (QED) is 0.539. The van der Waals surface area contributed by atoms with Crippen molar-refractivity contribution in [1.82, 2.24) is 9.97 Å². The van der Waals surface area contributed by atoms with E-state index in [-0.39, 0.29) is 0 Å². The van der Waals surface area contributed by atoms with Crippen molar-refractivity contribution in [3.05, 3.63) is 16.8 Å². The van der Waals surface area contributed by atoms with Crippen LogP contribution in [0.15, 0.2) is 5.38 Å². The number of fused-ring (bicyclic) bond motifs is 1. The predicted octanol–water partition coefficient (Wildman–Crippen LogP) is 5.41. The number of nitrogens with zero attached hydrogens (tertiary/aromatic N) is 2. The second-order valence-electron chi connectivity index (χ2n) is 8.53. The Balaban J connectivity index is 2.44. The standard InChI is InChI=1S/C16H23N2S.3CH3.Sn/c1-11(2)5-7-13-14(8-6-12(3)4)18-16-10-19-9-15(16)17-13;;;;/h9,11-12H,5-8H2,1-4H3;3*1H3;. The fraction of sp³-hybridized carbons (Fsp3) is 0.684. The molecule has 0 bridgehead atoms. The van der Waals surface area contributed by atoms with Gasteiger partial charge in [0.05, 0.1) is 0 Å². The van der Waals surface area contributed by atoms with Crippen LogP contribution in [0.25, 0.3) is 11.0 Å². The fourth-order valence-electron chi connectivity index (χ4n) is 2.72. The topological polar surface area (TPSA) is 25.8 Å². The van der Waals surface area contributed by atoms with Crippen molar-refractivity contribution in [2.75, 3.05) is 0 Å². The Morgan fingerprint density at radius 3 is 1.91 bits per heavy atom. The van der Waals surface area contributed by atoms with E-state index in [1.165, 1.54) is 29.7 Å². The van der Waals surface area contributed by atoms with Crippen LogP contribution in [0, 0.1) is 11.8 Å². The molecule has 0 spiro atoms. The zero-order chi connectivity index (χ0) is 17.2. The summed E-state index contributed by atoms with van der Waals surface area (Å²) in [6.45, 7) is 9.16. The summed E-state index contributed by atoms with van der Waals surface area (Å²) >= 11 is -0.207. The van der Waals surface area contributed by atoms with Crippen molar-refractivity contribution in [3.63, 3.8) is 0 Å². The number of aryl methyl sites for hydroxylation is 2. The van der Waals surface area contributed by atoms with Crippen molar-refractivity contribution in [2.45, 2.75) is 68.2 Å². The van der Waals surface area contributed by atoms with Crippen LogP contribution >= 0.6 is 11.3 Å². The Hall–Kier alpha value is -0.161. The minimum atomic E-state index is -2.11. The van der Waals surface area contributed by atoms with Gasteiger partial charge in [-0.15, -0.1) is 0 Å². The Kier molecular flexibility index (Phi) is 6.51. The van der Waals surface area contributed by atoms with Crippen LogP contribution in [0.4, 0.5) is 0 Å². The maximum atomic E-state index is 5.15. The molecule has 2 aromatic heterocycles. The summed E-state index contributed by atoms with van der Waals surface area (Å²) in [6.07, 6.45) is 4.54. The van der Waals surface area contributed by atoms with Crippen molar-refractivity contribution in [2.24, 2.45) is 11.8 Å². The Morgan fingerprint density at radius 2 is 1.43 bits per heavy atom. The van der Waals surface area contributed by atoms with Gasteiger partial charge in [0.2, 0.25) is 0 Å².